The molecule has 0 radical (unpaired) electrons. The summed E-state index contributed by atoms with van der Waals surface area (Å²) < 4.78 is 0. The molecule has 31 heavy (non-hydrogen) atoms. The minimum Gasteiger partial charge on any atom is -0.0724 e. The monoisotopic (exact) mass is 394 g/mol. The average Bonchev–Trinajstić information content (AvgIpc) is 2.85. The molecule has 0 unspecified atom stereocenters. The molecule has 146 valence electrons. The highest BCUT2D eigenvalue weighted by Crippen LogP contribution is 2.40. The number of hydrogen-bond donors (Lipinski definition) is 0. The van der Waals surface area contributed by atoms with Gasteiger partial charge in [-0.2, -0.15) is 0 Å². The number of hydrogen-bond acceptors (Lipinski definition) is 0. The van der Waals surface area contributed by atoms with Gasteiger partial charge in [-0.05, 0) is 50.6 Å². The summed E-state index contributed by atoms with van der Waals surface area (Å²) in [6, 6.07) is 45.3. The summed E-state index contributed by atoms with van der Waals surface area (Å²) in [5.41, 5.74) is 11.4. The molecule has 0 aliphatic rings. The smallest absolute Gasteiger partial charge is 0.0724 e. The molecule has 1 heteroatoms. The van der Waals surface area contributed by atoms with Crippen LogP contribution >= 0.6 is 0 Å². The largest absolute Gasteiger partial charge is 0.140 e. The second-order valence-corrected chi connectivity index (χ2v) is 7.81. The fraction of sp³-hybridized carbons (Fsp3) is 0. The van der Waals surface area contributed by atoms with Gasteiger partial charge in [0.15, 0.2) is 0 Å². The molecule has 0 aromatic heterocycles. The minimum absolute atomic E-state index is 1.24. The van der Waals surface area contributed by atoms with Crippen molar-refractivity contribution < 1.29 is 0 Å². The standard InChI is InChI=1S/C30H23B/c31-30-28(24-17-9-3-10-18-24)26(22-13-5-1-6-14-22)21-27(23-15-7-2-8-16-23)29(30)25-19-11-4-12-20-25/h1-21H,31H2. The molecule has 0 bridgehead atoms. The van der Waals surface area contributed by atoms with E-state index >= 15 is 0 Å². The lowest BCUT2D eigenvalue weighted by atomic mass is 9.74. The molecule has 0 nitrogen and oxygen atoms in total. The Bertz CT molecular complexity index is 1190. The van der Waals surface area contributed by atoms with Crippen molar-refractivity contribution >= 4 is 13.3 Å². The fourth-order valence-electron chi connectivity index (χ4n) is 4.46. The van der Waals surface area contributed by atoms with E-state index in [-0.39, 0.29) is 0 Å². The Labute approximate surface area is 185 Å². The maximum atomic E-state index is 2.38. The Kier molecular flexibility index (Phi) is 5.25. The van der Waals surface area contributed by atoms with E-state index in [0.717, 1.165) is 0 Å². The lowest BCUT2D eigenvalue weighted by Crippen LogP contribution is -2.14. The lowest BCUT2D eigenvalue weighted by Gasteiger charge is -2.22. The van der Waals surface area contributed by atoms with Gasteiger partial charge in [-0.3, -0.25) is 0 Å². The molecule has 0 aliphatic heterocycles. The van der Waals surface area contributed by atoms with Crippen LogP contribution < -0.4 is 5.46 Å². The zero-order valence-corrected chi connectivity index (χ0v) is 17.6. The molecule has 0 amide bonds. The topological polar surface area (TPSA) is 0 Å². The van der Waals surface area contributed by atoms with E-state index in [9.17, 15) is 0 Å². The zero-order chi connectivity index (χ0) is 21.0. The average molecular weight is 394 g/mol. The van der Waals surface area contributed by atoms with E-state index in [2.05, 4.69) is 135 Å². The molecule has 0 heterocycles. The van der Waals surface area contributed by atoms with Gasteiger partial charge < -0.3 is 0 Å². The summed E-state index contributed by atoms with van der Waals surface area (Å²) in [4.78, 5) is 0. The van der Waals surface area contributed by atoms with E-state index in [0.29, 0.717) is 0 Å². The van der Waals surface area contributed by atoms with Crippen LogP contribution in [0, 0.1) is 0 Å². The fourth-order valence-corrected chi connectivity index (χ4v) is 4.46. The summed E-state index contributed by atoms with van der Waals surface area (Å²) in [5, 5.41) is 0. The molecule has 0 saturated carbocycles. The van der Waals surface area contributed by atoms with Crippen LogP contribution in [0.3, 0.4) is 0 Å². The zero-order valence-electron chi connectivity index (χ0n) is 17.6. The van der Waals surface area contributed by atoms with Crippen molar-refractivity contribution in [2.75, 3.05) is 0 Å². The maximum absolute atomic E-state index is 2.38. The van der Waals surface area contributed by atoms with Gasteiger partial charge in [-0.25, -0.2) is 0 Å². The summed E-state index contributed by atoms with van der Waals surface area (Å²) >= 11 is 0. The van der Waals surface area contributed by atoms with Crippen LogP contribution in [0.2, 0.25) is 0 Å². The van der Waals surface area contributed by atoms with Crippen molar-refractivity contribution in [2.45, 2.75) is 0 Å². The number of benzene rings is 5. The summed E-state index contributed by atoms with van der Waals surface area (Å²) in [7, 11) is 2.27. The Balaban J connectivity index is 1.91. The van der Waals surface area contributed by atoms with Gasteiger partial charge in [-0.15, -0.1) is 0 Å². The molecule has 0 atom stereocenters. The van der Waals surface area contributed by atoms with E-state index in [1.54, 1.807) is 0 Å². The molecule has 5 rings (SSSR count). The molecule has 5 aromatic carbocycles. The van der Waals surface area contributed by atoms with Gasteiger partial charge in [-0.1, -0.05) is 127 Å². The van der Waals surface area contributed by atoms with Crippen LogP contribution in [-0.2, 0) is 0 Å². The first-order chi connectivity index (χ1) is 15.3. The third-order valence-corrected chi connectivity index (χ3v) is 5.87. The summed E-state index contributed by atoms with van der Waals surface area (Å²) in [6.07, 6.45) is 0. The second kappa shape index (κ2) is 8.49. The third-order valence-electron chi connectivity index (χ3n) is 5.87. The van der Waals surface area contributed by atoms with Crippen LogP contribution in [0.25, 0.3) is 44.5 Å². The van der Waals surface area contributed by atoms with Gasteiger partial charge in [0.25, 0.3) is 0 Å². The minimum atomic E-state index is 1.24. The van der Waals surface area contributed by atoms with Gasteiger partial charge in [0.05, 0.1) is 0 Å². The highest BCUT2D eigenvalue weighted by Gasteiger charge is 2.19. The van der Waals surface area contributed by atoms with Gasteiger partial charge in [0, 0.05) is 0 Å². The molecule has 0 fully saturated rings. The van der Waals surface area contributed by atoms with Crippen LogP contribution in [0.15, 0.2) is 127 Å². The van der Waals surface area contributed by atoms with E-state index in [4.69, 9.17) is 0 Å². The Morgan fingerprint density at radius 2 is 0.645 bits per heavy atom. The highest BCUT2D eigenvalue weighted by atomic mass is 14.2. The third kappa shape index (κ3) is 3.71. The Hall–Kier alpha value is -3.84. The van der Waals surface area contributed by atoms with Crippen LogP contribution in [0.4, 0.5) is 0 Å². The normalized spacial score (nSPS) is 10.7. The first kappa shape index (κ1) is 19.1. The van der Waals surface area contributed by atoms with Crippen molar-refractivity contribution in [3.05, 3.63) is 127 Å². The molecule has 0 N–H and O–H groups in total. The summed E-state index contributed by atoms with van der Waals surface area (Å²) in [6.45, 7) is 0. The maximum Gasteiger partial charge on any atom is 0.140 e. The van der Waals surface area contributed by atoms with Crippen molar-refractivity contribution in [3.8, 4) is 44.5 Å². The molecular weight excluding hydrogens is 371 g/mol. The van der Waals surface area contributed by atoms with Crippen LogP contribution in [0.1, 0.15) is 0 Å². The van der Waals surface area contributed by atoms with Gasteiger partial charge in [0.1, 0.15) is 7.85 Å². The quantitative estimate of drug-likeness (QED) is 0.301. The van der Waals surface area contributed by atoms with Gasteiger partial charge >= 0.3 is 0 Å². The van der Waals surface area contributed by atoms with Crippen molar-refractivity contribution in [1.29, 1.82) is 0 Å². The molecule has 0 saturated heterocycles. The predicted octanol–water partition coefficient (Wildman–Crippen LogP) is 6.61. The van der Waals surface area contributed by atoms with Gasteiger partial charge in [0.2, 0.25) is 0 Å². The Morgan fingerprint density at radius 1 is 0.355 bits per heavy atom. The first-order valence-corrected chi connectivity index (χ1v) is 10.7. The van der Waals surface area contributed by atoms with Crippen LogP contribution in [-0.4, -0.2) is 7.85 Å². The molecule has 5 aromatic rings. The van der Waals surface area contributed by atoms with Crippen LogP contribution in [0.5, 0.6) is 0 Å². The number of rotatable bonds is 4. The second-order valence-electron chi connectivity index (χ2n) is 7.81. The van der Waals surface area contributed by atoms with Crippen molar-refractivity contribution in [1.82, 2.24) is 0 Å². The van der Waals surface area contributed by atoms with E-state index < -0.39 is 0 Å². The van der Waals surface area contributed by atoms with E-state index in [1.807, 2.05) is 0 Å². The predicted molar refractivity (Wildman–Crippen MR) is 136 cm³/mol. The van der Waals surface area contributed by atoms with Crippen molar-refractivity contribution in [2.24, 2.45) is 0 Å². The SMILES string of the molecule is Bc1c(-c2ccccc2)c(-c2ccccc2)cc(-c2ccccc2)c1-c1ccccc1. The highest BCUT2D eigenvalue weighted by molar-refractivity contribution is 6.41. The van der Waals surface area contributed by atoms with Crippen molar-refractivity contribution in [3.63, 3.8) is 0 Å². The Morgan fingerprint density at radius 3 is 0.968 bits per heavy atom. The first-order valence-electron chi connectivity index (χ1n) is 10.7. The molecular formula is C30H23B. The molecule has 0 spiro atoms. The molecule has 0 aliphatic carbocycles. The lowest BCUT2D eigenvalue weighted by molar-refractivity contribution is 1.56. The van der Waals surface area contributed by atoms with E-state index in [1.165, 1.54) is 50.0 Å². The summed E-state index contributed by atoms with van der Waals surface area (Å²) in [5.74, 6) is 0.